The van der Waals surface area contributed by atoms with Crippen molar-refractivity contribution < 1.29 is 22.8 Å². The molecule has 0 spiro atoms. The van der Waals surface area contributed by atoms with Crippen LogP contribution in [0.1, 0.15) is 53.1 Å². The molecule has 3 atom stereocenters. The first kappa shape index (κ1) is 27.6. The lowest BCUT2D eigenvalue weighted by atomic mass is 10.0. The van der Waals surface area contributed by atoms with Crippen molar-refractivity contribution in [2.24, 2.45) is 11.8 Å². The molecular weight excluding hydrogens is 573 g/mol. The number of fused-ring (bicyclic) bond motifs is 1. The maximum Gasteiger partial charge on any atom is 0.275 e. The molecule has 216 valence electrons. The second-order valence-electron chi connectivity index (χ2n) is 10.4. The number of nitrogens with two attached hydrogens (primary N) is 1. The Bertz CT molecular complexity index is 1750. The molecule has 10 nitrogen and oxygen atoms in total. The number of nitrogens with one attached hydrogen (secondary N) is 1. The Morgan fingerprint density at radius 1 is 1.21 bits per heavy atom. The highest BCUT2D eigenvalue weighted by Crippen LogP contribution is 2.48. The van der Waals surface area contributed by atoms with Gasteiger partial charge in [0, 0.05) is 29.8 Å². The number of hydrogen-bond acceptors (Lipinski definition) is 7. The molecule has 14 heteroatoms. The molecule has 6 rings (SSSR count). The summed E-state index contributed by atoms with van der Waals surface area (Å²) in [7, 11) is 0. The third-order valence-corrected chi connectivity index (χ3v) is 8.03. The number of pyridine rings is 1. The van der Waals surface area contributed by atoms with Gasteiger partial charge in [0.15, 0.2) is 5.82 Å². The van der Waals surface area contributed by atoms with Gasteiger partial charge in [-0.2, -0.15) is 5.10 Å². The largest absolute Gasteiger partial charge is 0.397 e. The number of nitrogen functional groups attached to an aromatic ring is 1. The molecule has 1 saturated heterocycles. The van der Waals surface area contributed by atoms with E-state index in [0.29, 0.717) is 35.2 Å². The van der Waals surface area contributed by atoms with Crippen LogP contribution in [0.25, 0.3) is 11.3 Å². The van der Waals surface area contributed by atoms with Crippen LogP contribution in [0.15, 0.2) is 43.1 Å². The molecule has 0 radical (unpaired) electrons. The third-order valence-electron chi connectivity index (χ3n) is 7.74. The van der Waals surface area contributed by atoms with E-state index in [1.165, 1.54) is 6.20 Å². The molecule has 1 aliphatic carbocycles. The average Bonchev–Trinajstić information content (AvgIpc) is 3.47. The van der Waals surface area contributed by atoms with Gasteiger partial charge in [0.05, 0.1) is 64.3 Å². The molecule has 1 aliphatic heterocycles. The highest BCUT2D eigenvalue weighted by Gasteiger charge is 2.52. The summed E-state index contributed by atoms with van der Waals surface area (Å²) in [6, 6.07) is 1.60. The van der Waals surface area contributed by atoms with Gasteiger partial charge in [0.25, 0.3) is 12.3 Å². The second-order valence-corrected chi connectivity index (χ2v) is 10.8. The minimum Gasteiger partial charge on any atom is -0.397 e. The Labute approximate surface area is 242 Å². The van der Waals surface area contributed by atoms with Gasteiger partial charge in [-0.15, -0.1) is 0 Å². The Morgan fingerprint density at radius 2 is 2.00 bits per heavy atom. The number of carbonyl (C=O) groups is 2. The third kappa shape index (κ3) is 4.73. The summed E-state index contributed by atoms with van der Waals surface area (Å²) in [5.74, 6) is -1.17. The summed E-state index contributed by atoms with van der Waals surface area (Å²) in [6.45, 7) is 4.36. The van der Waals surface area contributed by atoms with Crippen LogP contribution >= 0.6 is 11.6 Å². The highest BCUT2D eigenvalue weighted by atomic mass is 35.5. The van der Waals surface area contributed by atoms with E-state index in [1.54, 1.807) is 22.0 Å². The predicted octanol–water partition coefficient (Wildman–Crippen LogP) is 5.20. The lowest BCUT2D eigenvalue weighted by molar-refractivity contribution is -0.118. The molecule has 2 amide bonds. The Balaban J connectivity index is 1.20. The van der Waals surface area contributed by atoms with Gasteiger partial charge >= 0.3 is 0 Å². The molecule has 2 aliphatic rings. The Kier molecular flexibility index (Phi) is 6.84. The predicted molar refractivity (Wildman–Crippen MR) is 149 cm³/mol. The zero-order chi connectivity index (χ0) is 29.9. The molecule has 1 aromatic carbocycles. The minimum atomic E-state index is -3.00. The van der Waals surface area contributed by atoms with E-state index in [0.717, 1.165) is 36.5 Å². The van der Waals surface area contributed by atoms with Crippen molar-refractivity contribution in [2.45, 2.75) is 32.7 Å². The van der Waals surface area contributed by atoms with Gasteiger partial charge in [0.2, 0.25) is 5.91 Å². The molecule has 4 aromatic rings. The maximum atomic E-state index is 14.7. The fourth-order valence-corrected chi connectivity index (χ4v) is 5.42. The monoisotopic (exact) mass is 596 g/mol. The number of amides is 2. The summed E-state index contributed by atoms with van der Waals surface area (Å²) < 4.78 is 43.4. The topological polar surface area (TPSA) is 132 Å². The summed E-state index contributed by atoms with van der Waals surface area (Å²) in [6.07, 6.45) is 4.76. The lowest BCUT2D eigenvalue weighted by Crippen LogP contribution is -2.29. The number of nitrogens with zero attached hydrogens (tertiary/aromatic N) is 6. The van der Waals surface area contributed by atoms with Gasteiger partial charge in [-0.1, -0.05) is 17.7 Å². The van der Waals surface area contributed by atoms with Crippen molar-refractivity contribution in [1.82, 2.24) is 24.7 Å². The van der Waals surface area contributed by atoms with Crippen LogP contribution in [0.4, 0.5) is 30.2 Å². The van der Waals surface area contributed by atoms with Gasteiger partial charge < -0.3 is 16.0 Å². The molecule has 3 N–H and O–H groups in total. The molecule has 0 bridgehead atoms. The molecule has 1 saturated carbocycles. The Morgan fingerprint density at radius 3 is 2.71 bits per heavy atom. The molecule has 3 aromatic heterocycles. The number of piperidine rings is 1. The summed E-state index contributed by atoms with van der Waals surface area (Å²) in [5, 5.41) is 6.57. The van der Waals surface area contributed by atoms with Crippen LogP contribution in [-0.4, -0.2) is 43.1 Å². The van der Waals surface area contributed by atoms with Gasteiger partial charge in [-0.05, 0) is 37.8 Å². The van der Waals surface area contributed by atoms with Crippen molar-refractivity contribution in [2.75, 3.05) is 22.5 Å². The summed E-state index contributed by atoms with van der Waals surface area (Å²) in [4.78, 5) is 39.7. The highest BCUT2D eigenvalue weighted by molar-refractivity contribution is 6.31. The van der Waals surface area contributed by atoms with Crippen molar-refractivity contribution in [1.29, 1.82) is 0 Å². The molecule has 42 heavy (non-hydrogen) atoms. The van der Waals surface area contributed by atoms with Crippen LogP contribution in [0.3, 0.4) is 0 Å². The van der Waals surface area contributed by atoms with Crippen molar-refractivity contribution in [3.8, 4) is 11.3 Å². The van der Waals surface area contributed by atoms with Crippen LogP contribution in [0.5, 0.6) is 0 Å². The summed E-state index contributed by atoms with van der Waals surface area (Å²) in [5.41, 5.74) is 7.54. The van der Waals surface area contributed by atoms with Crippen LogP contribution < -0.4 is 16.0 Å². The SMILES string of the molecule is Cc1c(N2C[C@H]3C[C@H]3C2=O)cnc(C(C)n2cc(NC(=O)c3cncc(-c4c(C(F)F)ccc(Cl)c4F)n3)cn2)c1N. The van der Waals surface area contributed by atoms with E-state index in [1.807, 2.05) is 13.8 Å². The first-order chi connectivity index (χ1) is 20.0. The van der Waals surface area contributed by atoms with Gasteiger partial charge in [-0.25, -0.2) is 18.2 Å². The lowest BCUT2D eigenvalue weighted by Gasteiger charge is -2.23. The number of halogens is 4. The van der Waals surface area contributed by atoms with E-state index in [4.69, 9.17) is 17.3 Å². The van der Waals surface area contributed by atoms with Crippen molar-refractivity contribution in [3.05, 3.63) is 76.5 Å². The number of benzene rings is 1. The van der Waals surface area contributed by atoms with Crippen LogP contribution in [0.2, 0.25) is 5.02 Å². The molecular formula is C28H24ClF3N8O2. The Hall–Kier alpha value is -4.52. The standard InChI is InChI=1S/C28H24ClF3N8O2/c1-12-21(39-10-14-5-17(14)28(39)42)9-35-25(24(12)33)13(2)40-11-15(6-36-40)37-27(41)20-8-34-7-19(38-20)22-16(26(31)32)3-4-18(29)23(22)30/h3-4,6-9,11,13-14,17,26H,5,10,33H2,1-2H3,(H,37,41)/t13?,14-,17-/m1/s1. The zero-order valence-electron chi connectivity index (χ0n) is 22.4. The first-order valence-corrected chi connectivity index (χ1v) is 13.4. The summed E-state index contributed by atoms with van der Waals surface area (Å²) >= 11 is 5.81. The number of hydrogen-bond donors (Lipinski definition) is 2. The molecule has 2 fully saturated rings. The zero-order valence-corrected chi connectivity index (χ0v) is 23.1. The van der Waals surface area contributed by atoms with Gasteiger partial charge in [0.1, 0.15) is 5.69 Å². The van der Waals surface area contributed by atoms with Crippen LogP contribution in [-0.2, 0) is 4.79 Å². The van der Waals surface area contributed by atoms with E-state index < -0.39 is 35.3 Å². The van der Waals surface area contributed by atoms with Gasteiger partial charge in [-0.3, -0.25) is 24.2 Å². The van der Waals surface area contributed by atoms with E-state index in [9.17, 15) is 22.8 Å². The van der Waals surface area contributed by atoms with Crippen molar-refractivity contribution >= 4 is 40.5 Å². The number of carbonyl (C=O) groups excluding carboxylic acids is 2. The fourth-order valence-electron chi connectivity index (χ4n) is 5.26. The normalized spacial score (nSPS) is 18.4. The quantitative estimate of drug-likeness (QED) is 0.300. The number of aromatic nitrogens is 5. The second kappa shape index (κ2) is 10.4. The number of rotatable bonds is 7. The smallest absolute Gasteiger partial charge is 0.275 e. The maximum absolute atomic E-state index is 14.7. The average molecular weight is 597 g/mol. The number of alkyl halides is 2. The fraction of sp³-hybridized carbons (Fsp3) is 0.286. The molecule has 4 heterocycles. The van der Waals surface area contributed by atoms with E-state index in [-0.39, 0.29) is 28.2 Å². The van der Waals surface area contributed by atoms with Crippen LogP contribution in [0, 0.1) is 24.6 Å². The minimum absolute atomic E-state index is 0.111. The molecule has 1 unspecified atom stereocenters. The van der Waals surface area contributed by atoms with E-state index in [2.05, 4.69) is 25.4 Å². The van der Waals surface area contributed by atoms with Crippen molar-refractivity contribution in [3.63, 3.8) is 0 Å². The number of anilines is 3. The first-order valence-electron chi connectivity index (χ1n) is 13.1. The van der Waals surface area contributed by atoms with E-state index >= 15 is 0 Å².